The van der Waals surface area contributed by atoms with Gasteiger partial charge in [-0.1, -0.05) is 54.9 Å². The van der Waals surface area contributed by atoms with E-state index in [1.807, 2.05) is 48.5 Å². The lowest BCUT2D eigenvalue weighted by atomic mass is 9.99. The van der Waals surface area contributed by atoms with Crippen LogP contribution in [-0.4, -0.2) is 12.6 Å². The van der Waals surface area contributed by atoms with Crippen molar-refractivity contribution in [3.05, 3.63) is 0 Å². The van der Waals surface area contributed by atoms with Crippen molar-refractivity contribution in [2.75, 3.05) is 6.61 Å². The largest absolute Gasteiger partial charge is 0.466 e. The third-order valence-electron chi connectivity index (χ3n) is 2.45. The summed E-state index contributed by atoms with van der Waals surface area (Å²) in [7, 11) is 0. The Morgan fingerprint density at radius 1 is 1.06 bits per heavy atom. The average Bonchev–Trinajstić information content (AvgIpc) is 2.83. The lowest BCUT2D eigenvalue weighted by Gasteiger charge is -2.12. The first-order valence-electron chi connectivity index (χ1n) is 7.42. The highest BCUT2D eigenvalue weighted by Gasteiger charge is 2.30. The molecule has 1 aliphatic carbocycles. The Kier molecular flexibility index (Phi) is 22.8. The van der Waals surface area contributed by atoms with Crippen LogP contribution in [0.2, 0.25) is 0 Å². The molecule has 0 bridgehead atoms. The molecule has 0 heterocycles. The second-order valence-electron chi connectivity index (χ2n) is 3.27. The zero-order chi connectivity index (χ0) is 14.3. The lowest BCUT2D eigenvalue weighted by molar-refractivity contribution is -0.149. The topological polar surface area (TPSA) is 26.3 Å². The molecule has 17 heavy (non-hydrogen) atoms. The van der Waals surface area contributed by atoms with Gasteiger partial charge < -0.3 is 4.74 Å². The molecule has 0 aromatic carbocycles. The average molecular weight is 246 g/mol. The molecular formula is C15H34O2. The normalized spacial score (nSPS) is 20.7. The van der Waals surface area contributed by atoms with Gasteiger partial charge in [0.2, 0.25) is 0 Å². The van der Waals surface area contributed by atoms with Crippen LogP contribution in [0.25, 0.3) is 0 Å². The second kappa shape index (κ2) is 17.9. The summed E-state index contributed by atoms with van der Waals surface area (Å²) in [5, 5.41) is 0. The van der Waals surface area contributed by atoms with Crippen LogP contribution in [0.3, 0.4) is 0 Å². The number of rotatable bonds is 2. The molecule has 0 amide bonds. The fourth-order valence-electron chi connectivity index (χ4n) is 1.74. The van der Waals surface area contributed by atoms with Crippen molar-refractivity contribution >= 4 is 5.97 Å². The Balaban J connectivity index is -0.000000285. The monoisotopic (exact) mass is 246 g/mol. The third-order valence-corrected chi connectivity index (χ3v) is 2.45. The molecule has 0 radical (unpaired) electrons. The quantitative estimate of drug-likeness (QED) is 0.636. The predicted molar refractivity (Wildman–Crippen MR) is 77.2 cm³/mol. The molecule has 1 aliphatic rings. The van der Waals surface area contributed by atoms with Crippen molar-refractivity contribution in [3.8, 4) is 0 Å². The molecule has 0 saturated heterocycles. The molecule has 0 N–H and O–H groups in total. The number of esters is 1. The van der Waals surface area contributed by atoms with Gasteiger partial charge in [0.05, 0.1) is 12.5 Å². The molecule has 0 aromatic rings. The summed E-state index contributed by atoms with van der Waals surface area (Å²) in [6.07, 6.45) is 3.40. The maximum atomic E-state index is 11.2. The van der Waals surface area contributed by atoms with Gasteiger partial charge in [0.15, 0.2) is 0 Å². The van der Waals surface area contributed by atoms with Crippen LogP contribution in [0.4, 0.5) is 0 Å². The van der Waals surface area contributed by atoms with Gasteiger partial charge in [-0.15, -0.1) is 0 Å². The molecule has 2 unspecified atom stereocenters. The van der Waals surface area contributed by atoms with Crippen LogP contribution >= 0.6 is 0 Å². The summed E-state index contributed by atoms with van der Waals surface area (Å²) < 4.78 is 4.96. The molecule has 1 rings (SSSR count). The van der Waals surface area contributed by atoms with Gasteiger partial charge in [0.25, 0.3) is 0 Å². The lowest BCUT2D eigenvalue weighted by Crippen LogP contribution is -2.19. The van der Waals surface area contributed by atoms with Crippen molar-refractivity contribution < 1.29 is 9.53 Å². The predicted octanol–water partition coefficient (Wildman–Crippen LogP) is 5.06. The highest BCUT2D eigenvalue weighted by molar-refractivity contribution is 5.73. The van der Waals surface area contributed by atoms with Crippen molar-refractivity contribution in [3.63, 3.8) is 0 Å². The van der Waals surface area contributed by atoms with Crippen LogP contribution in [0.15, 0.2) is 0 Å². The highest BCUT2D eigenvalue weighted by Crippen LogP contribution is 2.31. The minimum absolute atomic E-state index is 0.0116. The van der Waals surface area contributed by atoms with Crippen molar-refractivity contribution in [1.29, 1.82) is 0 Å². The molecule has 1 saturated carbocycles. The van der Waals surface area contributed by atoms with Gasteiger partial charge in [-0.05, 0) is 25.7 Å². The third kappa shape index (κ3) is 10.3. The number of ether oxygens (including phenoxy) is 1. The van der Waals surface area contributed by atoms with Crippen LogP contribution < -0.4 is 0 Å². The first kappa shape index (κ1) is 21.7. The van der Waals surface area contributed by atoms with E-state index in [-0.39, 0.29) is 11.9 Å². The number of hydrogen-bond acceptors (Lipinski definition) is 2. The maximum Gasteiger partial charge on any atom is 0.309 e. The molecule has 0 aliphatic heterocycles. The first-order chi connectivity index (χ1) is 8.25. The van der Waals surface area contributed by atoms with Gasteiger partial charge in [-0.2, -0.15) is 0 Å². The standard InChI is InChI=1S/C9H16O2.3C2H6/c1-3-11-9(10)8-6-4-5-7(8)2;3*1-2/h7-8H,3-6H2,1-2H3;3*1-2H3. The number of carbonyl (C=O) groups excluding carboxylic acids is 1. The summed E-state index contributed by atoms with van der Waals surface area (Å²) in [4.78, 5) is 11.2. The number of hydrogen-bond donors (Lipinski definition) is 0. The summed E-state index contributed by atoms with van der Waals surface area (Å²) >= 11 is 0. The van der Waals surface area contributed by atoms with Crippen molar-refractivity contribution in [1.82, 2.24) is 0 Å². The molecular weight excluding hydrogens is 212 g/mol. The van der Waals surface area contributed by atoms with Gasteiger partial charge in [0.1, 0.15) is 0 Å². The van der Waals surface area contributed by atoms with Gasteiger partial charge in [0, 0.05) is 0 Å². The minimum atomic E-state index is 0.0116. The van der Waals surface area contributed by atoms with E-state index in [0.29, 0.717) is 12.5 Å². The van der Waals surface area contributed by atoms with Gasteiger partial charge in [-0.25, -0.2) is 0 Å². The van der Waals surface area contributed by atoms with Crippen molar-refractivity contribution in [2.45, 2.75) is 74.7 Å². The summed E-state index contributed by atoms with van der Waals surface area (Å²) in [5.41, 5.74) is 0. The molecule has 1 fully saturated rings. The minimum Gasteiger partial charge on any atom is -0.466 e. The zero-order valence-corrected chi connectivity index (χ0v) is 13.3. The molecule has 2 atom stereocenters. The first-order valence-corrected chi connectivity index (χ1v) is 7.42. The molecule has 2 heteroatoms. The second-order valence-corrected chi connectivity index (χ2v) is 3.27. The van der Waals surface area contributed by atoms with E-state index in [1.165, 1.54) is 12.8 Å². The summed E-state index contributed by atoms with van der Waals surface area (Å²) in [6.45, 7) is 16.5. The smallest absolute Gasteiger partial charge is 0.309 e. The van der Waals surface area contributed by atoms with Crippen LogP contribution in [0.1, 0.15) is 74.7 Å². The van der Waals surface area contributed by atoms with E-state index >= 15 is 0 Å². The molecule has 0 aromatic heterocycles. The number of carbonyl (C=O) groups is 1. The van der Waals surface area contributed by atoms with Gasteiger partial charge in [-0.3, -0.25) is 4.79 Å². The van der Waals surface area contributed by atoms with E-state index in [2.05, 4.69) is 6.92 Å². The summed E-state index contributed by atoms with van der Waals surface area (Å²) in [6, 6.07) is 0. The SMILES string of the molecule is CC.CC.CC.CCOC(=O)C1CCCC1C. The fourth-order valence-corrected chi connectivity index (χ4v) is 1.74. The van der Waals surface area contributed by atoms with E-state index in [9.17, 15) is 4.79 Å². The fraction of sp³-hybridized carbons (Fsp3) is 0.933. The Bertz CT molecular complexity index is 144. The van der Waals surface area contributed by atoms with Crippen LogP contribution in [0, 0.1) is 11.8 Å². The van der Waals surface area contributed by atoms with E-state index in [4.69, 9.17) is 4.74 Å². The highest BCUT2D eigenvalue weighted by atomic mass is 16.5. The Labute approximate surface area is 109 Å². The molecule has 106 valence electrons. The van der Waals surface area contributed by atoms with Crippen LogP contribution in [-0.2, 0) is 9.53 Å². The summed E-state index contributed by atoms with van der Waals surface area (Å²) in [5.74, 6) is 0.737. The Morgan fingerprint density at radius 3 is 1.82 bits per heavy atom. The Hall–Kier alpha value is -0.530. The molecule has 0 spiro atoms. The van der Waals surface area contributed by atoms with E-state index < -0.39 is 0 Å². The molecule has 2 nitrogen and oxygen atoms in total. The van der Waals surface area contributed by atoms with Crippen LogP contribution in [0.5, 0.6) is 0 Å². The van der Waals surface area contributed by atoms with E-state index in [0.717, 1.165) is 6.42 Å². The maximum absolute atomic E-state index is 11.2. The van der Waals surface area contributed by atoms with E-state index in [1.54, 1.807) is 0 Å². The van der Waals surface area contributed by atoms with Gasteiger partial charge >= 0.3 is 5.97 Å². The van der Waals surface area contributed by atoms with Crippen molar-refractivity contribution in [2.24, 2.45) is 11.8 Å². The Morgan fingerprint density at radius 2 is 1.53 bits per heavy atom. The zero-order valence-electron chi connectivity index (χ0n) is 13.3.